The van der Waals surface area contributed by atoms with Gasteiger partial charge in [-0.3, -0.25) is 4.90 Å². The second kappa shape index (κ2) is 6.13. The highest BCUT2D eigenvalue weighted by atomic mass is 19.4. The minimum absolute atomic E-state index is 0.135. The monoisotopic (exact) mass is 301 g/mol. The first-order chi connectivity index (χ1) is 9.82. The molecule has 0 amide bonds. The molecule has 0 saturated carbocycles. The van der Waals surface area contributed by atoms with E-state index in [0.717, 1.165) is 32.0 Å². The Morgan fingerprint density at radius 1 is 1.38 bits per heavy atom. The van der Waals surface area contributed by atoms with Crippen molar-refractivity contribution in [2.45, 2.75) is 32.0 Å². The van der Waals surface area contributed by atoms with Crippen molar-refractivity contribution in [3.8, 4) is 0 Å². The fraction of sp³-hybridized carbons (Fsp3) is 0.600. The molecule has 21 heavy (non-hydrogen) atoms. The topological polar surface area (TPSA) is 32.5 Å². The van der Waals surface area contributed by atoms with Crippen LogP contribution in [0.5, 0.6) is 0 Å². The number of hydrogen-bond donors (Lipinski definition) is 1. The van der Waals surface area contributed by atoms with Crippen molar-refractivity contribution in [2.75, 3.05) is 37.3 Å². The van der Waals surface area contributed by atoms with Gasteiger partial charge >= 0.3 is 6.18 Å². The molecule has 0 bridgehead atoms. The Kier molecular flexibility index (Phi) is 4.66. The van der Waals surface area contributed by atoms with E-state index < -0.39 is 11.7 Å². The average molecular weight is 301 g/mol. The molecule has 2 rings (SSSR count). The van der Waals surface area contributed by atoms with Crippen LogP contribution in [0.2, 0.25) is 0 Å². The molecule has 0 radical (unpaired) electrons. The molecule has 118 valence electrons. The number of likely N-dealkylation sites (N-methyl/N-ethyl adjacent to an activating group) is 2. The van der Waals surface area contributed by atoms with Gasteiger partial charge in [-0.25, -0.2) is 0 Å². The lowest BCUT2D eigenvalue weighted by Crippen LogP contribution is -2.39. The summed E-state index contributed by atoms with van der Waals surface area (Å²) < 4.78 is 39.5. The Morgan fingerprint density at radius 2 is 2.10 bits per heavy atom. The molecule has 1 aromatic carbocycles. The summed E-state index contributed by atoms with van der Waals surface area (Å²) in [7, 11) is 1.72. The number of nitrogens with two attached hydrogens (primary N) is 1. The van der Waals surface area contributed by atoms with Crippen LogP contribution in [0, 0.1) is 0 Å². The molecule has 1 heterocycles. The van der Waals surface area contributed by atoms with E-state index in [-0.39, 0.29) is 11.4 Å². The van der Waals surface area contributed by atoms with Crippen molar-refractivity contribution in [3.63, 3.8) is 0 Å². The Balaban J connectivity index is 2.21. The minimum Gasteiger partial charge on any atom is -0.399 e. The summed E-state index contributed by atoms with van der Waals surface area (Å²) in [6.07, 6.45) is -2.24. The molecule has 0 aromatic heterocycles. The zero-order valence-electron chi connectivity index (χ0n) is 12.5. The Labute approximate surface area is 123 Å². The van der Waals surface area contributed by atoms with Gasteiger partial charge in [-0.1, -0.05) is 6.92 Å². The lowest BCUT2D eigenvalue weighted by atomic mass is 10.1. The van der Waals surface area contributed by atoms with Crippen LogP contribution in [0.4, 0.5) is 24.5 Å². The van der Waals surface area contributed by atoms with Crippen LogP contribution >= 0.6 is 0 Å². The van der Waals surface area contributed by atoms with Gasteiger partial charge in [0, 0.05) is 31.0 Å². The van der Waals surface area contributed by atoms with E-state index in [2.05, 4.69) is 11.8 Å². The number of rotatable bonds is 4. The summed E-state index contributed by atoms with van der Waals surface area (Å²) in [5.74, 6) is 0. The van der Waals surface area contributed by atoms with Crippen LogP contribution in [0.1, 0.15) is 25.3 Å². The van der Waals surface area contributed by atoms with Gasteiger partial charge in [0.05, 0.1) is 5.56 Å². The van der Waals surface area contributed by atoms with Gasteiger partial charge in [-0.2, -0.15) is 13.2 Å². The highest BCUT2D eigenvalue weighted by molar-refractivity contribution is 5.60. The maximum absolute atomic E-state index is 13.2. The van der Waals surface area contributed by atoms with Crippen LogP contribution < -0.4 is 10.6 Å². The average Bonchev–Trinajstić information content (AvgIpc) is 2.84. The zero-order valence-corrected chi connectivity index (χ0v) is 12.5. The van der Waals surface area contributed by atoms with Crippen molar-refractivity contribution in [1.29, 1.82) is 0 Å². The van der Waals surface area contributed by atoms with E-state index in [0.29, 0.717) is 12.6 Å². The van der Waals surface area contributed by atoms with Crippen LogP contribution in [0.15, 0.2) is 18.2 Å². The number of benzene rings is 1. The molecular formula is C15H22F3N3. The number of hydrogen-bond acceptors (Lipinski definition) is 3. The van der Waals surface area contributed by atoms with E-state index in [1.807, 2.05) is 0 Å². The van der Waals surface area contributed by atoms with Crippen LogP contribution in [0.25, 0.3) is 0 Å². The molecule has 0 spiro atoms. The zero-order chi connectivity index (χ0) is 15.6. The summed E-state index contributed by atoms with van der Waals surface area (Å²) in [6, 6.07) is 4.31. The molecule has 2 N–H and O–H groups in total. The second-order valence-electron chi connectivity index (χ2n) is 5.58. The third-order valence-corrected chi connectivity index (χ3v) is 4.13. The quantitative estimate of drug-likeness (QED) is 0.867. The lowest BCUT2D eigenvalue weighted by Gasteiger charge is -2.30. The predicted molar refractivity (Wildman–Crippen MR) is 79.4 cm³/mol. The summed E-state index contributed by atoms with van der Waals surface area (Å²) in [6.45, 7) is 4.65. The first-order valence-electron chi connectivity index (χ1n) is 7.24. The van der Waals surface area contributed by atoms with Gasteiger partial charge in [0.1, 0.15) is 0 Å². The van der Waals surface area contributed by atoms with Gasteiger partial charge in [-0.15, -0.1) is 0 Å². The molecule has 6 heteroatoms. The molecule has 0 aliphatic carbocycles. The number of anilines is 2. The van der Waals surface area contributed by atoms with Crippen molar-refractivity contribution in [3.05, 3.63) is 23.8 Å². The third kappa shape index (κ3) is 3.61. The van der Waals surface area contributed by atoms with Gasteiger partial charge < -0.3 is 10.6 Å². The Hall–Kier alpha value is -1.43. The molecule has 3 nitrogen and oxygen atoms in total. The second-order valence-corrected chi connectivity index (χ2v) is 5.58. The third-order valence-electron chi connectivity index (χ3n) is 4.13. The fourth-order valence-electron chi connectivity index (χ4n) is 3.05. The first-order valence-corrected chi connectivity index (χ1v) is 7.24. The summed E-state index contributed by atoms with van der Waals surface area (Å²) in [5.41, 5.74) is 5.17. The normalized spacial score (nSPS) is 20.0. The number of likely N-dealkylation sites (tertiary alicyclic amines) is 1. The van der Waals surface area contributed by atoms with Crippen LogP contribution in [-0.2, 0) is 6.18 Å². The standard InChI is InChI=1S/C15H22F3N3/c1-3-21-8-4-5-12(21)10-20(2)14-7-6-11(19)9-13(14)15(16,17)18/h6-7,9,12H,3-5,8,10,19H2,1-2H3. The summed E-state index contributed by atoms with van der Waals surface area (Å²) in [4.78, 5) is 4.02. The largest absolute Gasteiger partial charge is 0.418 e. The number of nitrogen functional groups attached to an aromatic ring is 1. The molecule has 1 atom stereocenters. The highest BCUT2D eigenvalue weighted by Crippen LogP contribution is 2.37. The number of halogens is 3. The van der Waals surface area contributed by atoms with Crippen LogP contribution in [-0.4, -0.2) is 37.6 Å². The van der Waals surface area contributed by atoms with E-state index in [9.17, 15) is 13.2 Å². The first kappa shape index (κ1) is 15.9. The van der Waals surface area contributed by atoms with Crippen molar-refractivity contribution < 1.29 is 13.2 Å². The predicted octanol–water partition coefficient (Wildman–Crippen LogP) is 3.21. The minimum atomic E-state index is -4.39. The smallest absolute Gasteiger partial charge is 0.399 e. The maximum atomic E-state index is 13.2. The van der Waals surface area contributed by atoms with Crippen molar-refractivity contribution in [2.24, 2.45) is 0 Å². The van der Waals surface area contributed by atoms with E-state index in [1.165, 1.54) is 12.1 Å². The van der Waals surface area contributed by atoms with Crippen molar-refractivity contribution >= 4 is 11.4 Å². The number of nitrogens with zero attached hydrogens (tertiary/aromatic N) is 2. The van der Waals surface area contributed by atoms with Crippen molar-refractivity contribution in [1.82, 2.24) is 4.90 Å². The van der Waals surface area contributed by atoms with Gasteiger partial charge in [0.15, 0.2) is 0 Å². The molecule has 1 unspecified atom stereocenters. The molecule has 1 aliphatic rings. The van der Waals surface area contributed by atoms with Gasteiger partial charge in [0.25, 0.3) is 0 Å². The molecular weight excluding hydrogens is 279 g/mol. The molecule has 1 fully saturated rings. The Morgan fingerprint density at radius 3 is 2.71 bits per heavy atom. The van der Waals surface area contributed by atoms with Gasteiger partial charge in [0.2, 0.25) is 0 Å². The highest BCUT2D eigenvalue weighted by Gasteiger charge is 2.35. The summed E-state index contributed by atoms with van der Waals surface area (Å²) in [5, 5.41) is 0. The SMILES string of the molecule is CCN1CCCC1CN(C)c1ccc(N)cc1C(F)(F)F. The lowest BCUT2D eigenvalue weighted by molar-refractivity contribution is -0.137. The van der Waals surface area contributed by atoms with Gasteiger partial charge in [-0.05, 0) is 44.1 Å². The Bertz CT molecular complexity index is 488. The summed E-state index contributed by atoms with van der Waals surface area (Å²) >= 11 is 0. The van der Waals surface area contributed by atoms with Crippen LogP contribution in [0.3, 0.4) is 0 Å². The molecule has 1 aliphatic heterocycles. The maximum Gasteiger partial charge on any atom is 0.418 e. The van der Waals surface area contributed by atoms with E-state index in [1.54, 1.807) is 11.9 Å². The molecule has 1 aromatic rings. The van der Waals surface area contributed by atoms with E-state index >= 15 is 0 Å². The molecule has 1 saturated heterocycles. The van der Waals surface area contributed by atoms with E-state index in [4.69, 9.17) is 5.73 Å². The fourth-order valence-corrected chi connectivity index (χ4v) is 3.05. The number of alkyl halides is 3.